The Morgan fingerprint density at radius 3 is 2.53 bits per heavy atom. The second-order valence-electron chi connectivity index (χ2n) is 5.92. The molecule has 0 amide bonds. The molecule has 2 fully saturated rings. The quantitative estimate of drug-likeness (QED) is 0.661. The van der Waals surface area contributed by atoms with Gasteiger partial charge in [-0.1, -0.05) is 6.92 Å². The van der Waals surface area contributed by atoms with Crippen LogP contribution in [0.3, 0.4) is 0 Å². The van der Waals surface area contributed by atoms with E-state index in [4.69, 9.17) is 9.84 Å². The van der Waals surface area contributed by atoms with Gasteiger partial charge in [-0.15, -0.1) is 0 Å². The van der Waals surface area contributed by atoms with Crippen molar-refractivity contribution in [2.24, 2.45) is 5.41 Å². The van der Waals surface area contributed by atoms with Crippen LogP contribution in [-0.2, 0) is 4.74 Å². The summed E-state index contributed by atoms with van der Waals surface area (Å²) in [5.41, 5.74) is 0.315. The molecule has 0 radical (unpaired) electrons. The largest absolute Gasteiger partial charge is 0.395 e. The number of nitrogens with zero attached hydrogens (tertiary/aromatic N) is 2. The predicted molar refractivity (Wildman–Crippen MR) is 76.4 cm³/mol. The highest BCUT2D eigenvalue weighted by atomic mass is 16.5. The molecule has 0 saturated carbocycles. The molecule has 2 heterocycles. The van der Waals surface area contributed by atoms with Gasteiger partial charge in [-0.3, -0.25) is 4.90 Å². The summed E-state index contributed by atoms with van der Waals surface area (Å²) in [6.07, 6.45) is 1.18. The van der Waals surface area contributed by atoms with E-state index in [0.717, 1.165) is 65.6 Å². The summed E-state index contributed by atoms with van der Waals surface area (Å²) in [6.45, 7) is 12.7. The Morgan fingerprint density at radius 2 is 1.95 bits per heavy atom. The molecule has 1 atom stereocenters. The van der Waals surface area contributed by atoms with Gasteiger partial charge in [0.2, 0.25) is 0 Å². The first-order valence-electron chi connectivity index (χ1n) is 7.62. The molecule has 2 aliphatic rings. The van der Waals surface area contributed by atoms with Crippen molar-refractivity contribution in [3.8, 4) is 0 Å². The van der Waals surface area contributed by atoms with E-state index in [-0.39, 0.29) is 6.61 Å². The first-order chi connectivity index (χ1) is 9.28. The van der Waals surface area contributed by atoms with Gasteiger partial charge in [0.1, 0.15) is 0 Å². The van der Waals surface area contributed by atoms with Crippen LogP contribution in [-0.4, -0.2) is 87.1 Å². The van der Waals surface area contributed by atoms with Crippen LogP contribution in [0, 0.1) is 5.41 Å². The Bertz CT molecular complexity index is 249. The Morgan fingerprint density at radius 1 is 1.21 bits per heavy atom. The predicted octanol–water partition coefficient (Wildman–Crippen LogP) is -0.387. The molecule has 2 saturated heterocycles. The summed E-state index contributed by atoms with van der Waals surface area (Å²) in [6, 6.07) is 0. The van der Waals surface area contributed by atoms with Crippen LogP contribution in [0.2, 0.25) is 0 Å². The molecule has 19 heavy (non-hydrogen) atoms. The van der Waals surface area contributed by atoms with Gasteiger partial charge in [-0.25, -0.2) is 0 Å². The number of rotatable bonds is 7. The van der Waals surface area contributed by atoms with Crippen molar-refractivity contribution in [1.29, 1.82) is 0 Å². The molecular formula is C14H29N3O2. The highest BCUT2D eigenvalue weighted by molar-refractivity contribution is 4.89. The lowest BCUT2D eigenvalue weighted by molar-refractivity contribution is 0.0652. The zero-order chi connectivity index (χ0) is 13.6. The number of aliphatic hydroxyl groups excluding tert-OH is 1. The number of piperazine rings is 1. The fourth-order valence-corrected chi connectivity index (χ4v) is 3.15. The van der Waals surface area contributed by atoms with Crippen LogP contribution in [0.1, 0.15) is 13.3 Å². The number of hydrogen-bond acceptors (Lipinski definition) is 5. The monoisotopic (exact) mass is 271 g/mol. The van der Waals surface area contributed by atoms with E-state index >= 15 is 0 Å². The number of hydrogen-bond donors (Lipinski definition) is 2. The second-order valence-corrected chi connectivity index (χ2v) is 5.92. The van der Waals surface area contributed by atoms with Crippen molar-refractivity contribution < 1.29 is 9.84 Å². The van der Waals surface area contributed by atoms with E-state index in [9.17, 15) is 0 Å². The van der Waals surface area contributed by atoms with Crippen LogP contribution < -0.4 is 5.32 Å². The maximum atomic E-state index is 8.97. The minimum atomic E-state index is 0.276. The highest BCUT2D eigenvalue weighted by Crippen LogP contribution is 2.29. The van der Waals surface area contributed by atoms with Crippen LogP contribution in [0.15, 0.2) is 0 Å². The summed E-state index contributed by atoms with van der Waals surface area (Å²) in [7, 11) is 0. The molecule has 0 aromatic carbocycles. The van der Waals surface area contributed by atoms with Crippen LogP contribution in [0.5, 0.6) is 0 Å². The first kappa shape index (κ1) is 15.2. The Labute approximate surface area is 116 Å². The molecule has 2 aliphatic heterocycles. The van der Waals surface area contributed by atoms with E-state index in [2.05, 4.69) is 22.0 Å². The van der Waals surface area contributed by atoms with Gasteiger partial charge in [0, 0.05) is 57.8 Å². The SMILES string of the molecule is CCNCC1(CN2CCN(CCO)CC2)CCOC1. The number of aliphatic hydroxyl groups is 1. The number of ether oxygens (including phenoxy) is 1. The highest BCUT2D eigenvalue weighted by Gasteiger charge is 2.36. The molecule has 0 bridgehead atoms. The zero-order valence-corrected chi connectivity index (χ0v) is 12.2. The van der Waals surface area contributed by atoms with E-state index in [1.165, 1.54) is 6.42 Å². The fraction of sp³-hybridized carbons (Fsp3) is 1.00. The Kier molecular flexibility index (Phi) is 6.04. The van der Waals surface area contributed by atoms with E-state index in [1.807, 2.05) is 0 Å². The summed E-state index contributed by atoms with van der Waals surface area (Å²) in [5.74, 6) is 0. The molecule has 0 aromatic rings. The van der Waals surface area contributed by atoms with Crippen molar-refractivity contribution in [2.75, 3.05) is 72.2 Å². The lowest BCUT2D eigenvalue weighted by Gasteiger charge is -2.39. The molecule has 0 aromatic heterocycles. The molecule has 1 unspecified atom stereocenters. The zero-order valence-electron chi connectivity index (χ0n) is 12.2. The summed E-state index contributed by atoms with van der Waals surface area (Å²) in [4.78, 5) is 4.92. The third-order valence-electron chi connectivity index (χ3n) is 4.38. The number of nitrogens with one attached hydrogen (secondary N) is 1. The summed E-state index contributed by atoms with van der Waals surface area (Å²) in [5, 5.41) is 12.5. The van der Waals surface area contributed by atoms with E-state index < -0.39 is 0 Å². The molecular weight excluding hydrogens is 242 g/mol. The van der Waals surface area contributed by atoms with Crippen molar-refractivity contribution >= 4 is 0 Å². The van der Waals surface area contributed by atoms with Crippen LogP contribution in [0.25, 0.3) is 0 Å². The second kappa shape index (κ2) is 7.55. The average molecular weight is 271 g/mol. The average Bonchev–Trinajstić information content (AvgIpc) is 2.88. The van der Waals surface area contributed by atoms with Gasteiger partial charge < -0.3 is 20.1 Å². The third kappa shape index (κ3) is 4.39. The lowest BCUT2D eigenvalue weighted by atomic mass is 9.86. The summed E-state index contributed by atoms with van der Waals surface area (Å²) >= 11 is 0. The van der Waals surface area contributed by atoms with Gasteiger partial charge in [0.05, 0.1) is 13.2 Å². The van der Waals surface area contributed by atoms with Gasteiger partial charge in [0.15, 0.2) is 0 Å². The maximum absolute atomic E-state index is 8.97. The molecule has 0 aliphatic carbocycles. The van der Waals surface area contributed by atoms with E-state index in [0.29, 0.717) is 5.41 Å². The molecule has 112 valence electrons. The van der Waals surface area contributed by atoms with Crippen molar-refractivity contribution in [3.63, 3.8) is 0 Å². The summed E-state index contributed by atoms with van der Waals surface area (Å²) < 4.78 is 5.65. The van der Waals surface area contributed by atoms with E-state index in [1.54, 1.807) is 0 Å². The third-order valence-corrected chi connectivity index (χ3v) is 4.38. The minimum Gasteiger partial charge on any atom is -0.395 e. The van der Waals surface area contributed by atoms with Crippen LogP contribution >= 0.6 is 0 Å². The topological polar surface area (TPSA) is 48.0 Å². The molecule has 0 spiro atoms. The Balaban J connectivity index is 1.78. The molecule has 5 heteroatoms. The van der Waals surface area contributed by atoms with Crippen LogP contribution in [0.4, 0.5) is 0 Å². The van der Waals surface area contributed by atoms with Crippen molar-refractivity contribution in [3.05, 3.63) is 0 Å². The lowest BCUT2D eigenvalue weighted by Crippen LogP contribution is -2.52. The molecule has 5 nitrogen and oxygen atoms in total. The number of β-amino-alcohol motifs (C(OH)–C–C–N with tert-alkyl or cyclic N) is 1. The van der Waals surface area contributed by atoms with Gasteiger partial charge >= 0.3 is 0 Å². The van der Waals surface area contributed by atoms with Gasteiger partial charge in [0.25, 0.3) is 0 Å². The minimum absolute atomic E-state index is 0.276. The smallest absolute Gasteiger partial charge is 0.0558 e. The first-order valence-corrected chi connectivity index (χ1v) is 7.62. The van der Waals surface area contributed by atoms with Crippen molar-refractivity contribution in [1.82, 2.24) is 15.1 Å². The Hall–Kier alpha value is -0.200. The normalized spacial score (nSPS) is 30.0. The van der Waals surface area contributed by atoms with Gasteiger partial charge in [-0.2, -0.15) is 0 Å². The maximum Gasteiger partial charge on any atom is 0.0558 e. The fourth-order valence-electron chi connectivity index (χ4n) is 3.15. The standard InChI is InChI=1S/C14H29N3O2/c1-2-15-11-14(3-10-19-13-14)12-17-6-4-16(5-7-17)8-9-18/h15,18H,2-13H2,1H3. The molecule has 2 rings (SSSR count). The molecule has 2 N–H and O–H groups in total. The van der Waals surface area contributed by atoms with Crippen molar-refractivity contribution in [2.45, 2.75) is 13.3 Å². The van der Waals surface area contributed by atoms with Gasteiger partial charge in [-0.05, 0) is 13.0 Å².